The molecule has 8 heteroatoms. The fourth-order valence-electron chi connectivity index (χ4n) is 2.18. The minimum Gasteiger partial charge on any atom is -0.383 e. The molecule has 1 amide bonds. The van der Waals surface area contributed by atoms with Crippen molar-refractivity contribution in [2.45, 2.75) is 18.9 Å². The zero-order chi connectivity index (χ0) is 19.9. The predicted molar refractivity (Wildman–Crippen MR) is 102 cm³/mol. The highest BCUT2D eigenvalue weighted by atomic mass is 16.2. The number of carbonyl (C=O) groups is 4. The number of hydrogen-bond donors (Lipinski definition) is 3. The topological polar surface area (TPSA) is 122 Å². The summed E-state index contributed by atoms with van der Waals surface area (Å²) in [6, 6.07) is 4.13. The monoisotopic (exact) mass is 364 g/mol. The number of rotatable bonds is 10. The van der Waals surface area contributed by atoms with E-state index in [0.29, 0.717) is 37.6 Å². The van der Waals surface area contributed by atoms with Gasteiger partial charge in [0.1, 0.15) is 12.6 Å². The summed E-state index contributed by atoms with van der Waals surface area (Å²) in [4.78, 5) is 46.9. The van der Waals surface area contributed by atoms with Crippen LogP contribution in [0.1, 0.15) is 33.6 Å². The summed E-state index contributed by atoms with van der Waals surface area (Å²) in [5, 5.41) is 5.75. The number of nitrogens with zero attached hydrogens (tertiary/aromatic N) is 1. The Hall–Kier alpha value is -2.58. The average molecular weight is 364 g/mol. The largest absolute Gasteiger partial charge is 0.383 e. The lowest BCUT2D eigenvalue weighted by atomic mass is 10.0. The zero-order valence-corrected chi connectivity index (χ0v) is 15.5. The number of nitrogens with one attached hydrogen (secondary N) is 2. The molecule has 0 saturated heterocycles. The Morgan fingerprint density at radius 1 is 1.27 bits per heavy atom. The van der Waals surface area contributed by atoms with E-state index in [9.17, 15) is 19.2 Å². The van der Waals surface area contributed by atoms with Crippen molar-refractivity contribution in [3.05, 3.63) is 29.3 Å². The maximum atomic E-state index is 12.7. The van der Waals surface area contributed by atoms with Gasteiger partial charge in [0.15, 0.2) is 6.29 Å². The van der Waals surface area contributed by atoms with Gasteiger partial charge in [0.25, 0.3) is 5.91 Å². The van der Waals surface area contributed by atoms with Crippen molar-refractivity contribution >= 4 is 30.5 Å². The third-order valence-corrected chi connectivity index (χ3v) is 3.45. The first kappa shape index (κ1) is 23.4. The van der Waals surface area contributed by atoms with E-state index in [1.54, 1.807) is 12.1 Å². The van der Waals surface area contributed by atoms with Gasteiger partial charge in [0.2, 0.25) is 0 Å². The molecule has 0 aliphatic heterocycles. The van der Waals surface area contributed by atoms with Crippen LogP contribution in [-0.4, -0.2) is 69.9 Å². The van der Waals surface area contributed by atoms with Crippen LogP contribution in [0.2, 0.25) is 0 Å². The highest BCUT2D eigenvalue weighted by Gasteiger charge is 2.24. The normalized spacial score (nSPS) is 10.8. The third kappa shape index (κ3) is 7.12. The SMILES string of the molecule is CN(C(=O)c1c(C=O)cccc1NCCN)C(C=O)CCC=O.CNC. The molecular weight excluding hydrogens is 336 g/mol. The molecule has 0 saturated carbocycles. The first-order valence-electron chi connectivity index (χ1n) is 8.28. The number of nitrogens with two attached hydrogens (primary N) is 1. The summed E-state index contributed by atoms with van der Waals surface area (Å²) in [7, 11) is 5.22. The molecule has 1 aromatic rings. The molecule has 1 aromatic carbocycles. The molecular formula is C18H28N4O4. The van der Waals surface area contributed by atoms with Crippen LogP contribution in [-0.2, 0) is 9.59 Å². The lowest BCUT2D eigenvalue weighted by Crippen LogP contribution is -2.39. The van der Waals surface area contributed by atoms with Crippen LogP contribution in [0.5, 0.6) is 0 Å². The second-order valence-electron chi connectivity index (χ2n) is 5.47. The van der Waals surface area contributed by atoms with Gasteiger partial charge < -0.3 is 30.9 Å². The van der Waals surface area contributed by atoms with E-state index >= 15 is 0 Å². The van der Waals surface area contributed by atoms with Crippen molar-refractivity contribution in [3.8, 4) is 0 Å². The molecule has 0 aliphatic carbocycles. The molecule has 0 aromatic heterocycles. The van der Waals surface area contributed by atoms with Gasteiger partial charge in [0.05, 0.1) is 11.6 Å². The maximum absolute atomic E-state index is 12.7. The molecule has 0 radical (unpaired) electrons. The van der Waals surface area contributed by atoms with Crippen LogP contribution >= 0.6 is 0 Å². The average Bonchev–Trinajstić information content (AvgIpc) is 2.66. The van der Waals surface area contributed by atoms with Crippen LogP contribution in [0.4, 0.5) is 5.69 Å². The molecule has 0 fully saturated rings. The molecule has 144 valence electrons. The molecule has 0 spiro atoms. The Labute approximate surface area is 154 Å². The number of aldehydes is 3. The second kappa shape index (κ2) is 13.7. The van der Waals surface area contributed by atoms with E-state index < -0.39 is 11.9 Å². The fraction of sp³-hybridized carbons (Fsp3) is 0.444. The van der Waals surface area contributed by atoms with Crippen molar-refractivity contribution < 1.29 is 19.2 Å². The number of carbonyl (C=O) groups excluding carboxylic acids is 4. The van der Waals surface area contributed by atoms with Crippen molar-refractivity contribution in [1.29, 1.82) is 0 Å². The molecule has 0 heterocycles. The number of amides is 1. The van der Waals surface area contributed by atoms with E-state index in [4.69, 9.17) is 5.73 Å². The van der Waals surface area contributed by atoms with Gasteiger partial charge in [-0.2, -0.15) is 0 Å². The number of hydrogen-bond acceptors (Lipinski definition) is 7. The van der Waals surface area contributed by atoms with Crippen molar-refractivity contribution in [2.75, 3.05) is 39.5 Å². The Balaban J connectivity index is 0.00000194. The molecule has 0 bridgehead atoms. The second-order valence-corrected chi connectivity index (χ2v) is 5.47. The van der Waals surface area contributed by atoms with Gasteiger partial charge in [-0.25, -0.2) is 0 Å². The Morgan fingerprint density at radius 3 is 2.42 bits per heavy atom. The van der Waals surface area contributed by atoms with Crippen molar-refractivity contribution in [3.63, 3.8) is 0 Å². The Kier molecular flexibility index (Phi) is 12.3. The number of benzene rings is 1. The van der Waals surface area contributed by atoms with Gasteiger partial charge in [-0.3, -0.25) is 9.59 Å². The first-order valence-corrected chi connectivity index (χ1v) is 8.28. The van der Waals surface area contributed by atoms with E-state index in [2.05, 4.69) is 10.6 Å². The molecule has 26 heavy (non-hydrogen) atoms. The maximum Gasteiger partial charge on any atom is 0.257 e. The highest BCUT2D eigenvalue weighted by Crippen LogP contribution is 2.22. The van der Waals surface area contributed by atoms with E-state index in [-0.39, 0.29) is 24.0 Å². The van der Waals surface area contributed by atoms with E-state index in [1.165, 1.54) is 18.0 Å². The van der Waals surface area contributed by atoms with Crippen LogP contribution in [0.25, 0.3) is 0 Å². The summed E-state index contributed by atoms with van der Waals surface area (Å²) in [5.74, 6) is -0.463. The molecule has 0 aliphatic rings. The smallest absolute Gasteiger partial charge is 0.257 e. The lowest BCUT2D eigenvalue weighted by Gasteiger charge is -2.25. The molecule has 8 nitrogen and oxygen atoms in total. The minimum absolute atomic E-state index is 0.175. The molecule has 1 unspecified atom stereocenters. The summed E-state index contributed by atoms with van der Waals surface area (Å²) in [5.41, 5.74) is 6.35. The minimum atomic E-state index is -0.727. The van der Waals surface area contributed by atoms with Gasteiger partial charge in [-0.1, -0.05) is 12.1 Å². The quantitative estimate of drug-likeness (QED) is 0.511. The molecule has 1 rings (SSSR count). The Bertz CT molecular complexity index is 593. The van der Waals surface area contributed by atoms with Crippen LogP contribution in [0, 0.1) is 0 Å². The zero-order valence-electron chi connectivity index (χ0n) is 15.5. The van der Waals surface area contributed by atoms with Crippen molar-refractivity contribution in [2.24, 2.45) is 5.73 Å². The van der Waals surface area contributed by atoms with Gasteiger partial charge in [-0.15, -0.1) is 0 Å². The van der Waals surface area contributed by atoms with E-state index in [1.807, 2.05) is 14.1 Å². The summed E-state index contributed by atoms with van der Waals surface area (Å²) in [6.07, 6.45) is 2.33. The van der Waals surface area contributed by atoms with Gasteiger partial charge in [0, 0.05) is 37.8 Å². The third-order valence-electron chi connectivity index (χ3n) is 3.45. The van der Waals surface area contributed by atoms with Crippen molar-refractivity contribution in [1.82, 2.24) is 10.2 Å². The standard InChI is InChI=1S/C16H21N3O4.C2H7N/c1-19(13(11-22)5-3-9-20)16(23)15-12(10-21)4-2-6-14(15)18-8-7-17;1-3-2/h2,4,6,9-11,13,18H,3,5,7-8,17H2,1H3;3H,1-2H3. The van der Waals surface area contributed by atoms with Crippen LogP contribution in [0.3, 0.4) is 0 Å². The number of anilines is 1. The summed E-state index contributed by atoms with van der Waals surface area (Å²) in [6.45, 7) is 0.805. The molecule has 4 N–H and O–H groups in total. The lowest BCUT2D eigenvalue weighted by molar-refractivity contribution is -0.112. The van der Waals surface area contributed by atoms with E-state index in [0.717, 1.165) is 0 Å². The fourth-order valence-corrected chi connectivity index (χ4v) is 2.18. The molecule has 1 atom stereocenters. The highest BCUT2D eigenvalue weighted by molar-refractivity contribution is 6.06. The van der Waals surface area contributed by atoms with Gasteiger partial charge in [-0.05, 0) is 26.6 Å². The van der Waals surface area contributed by atoms with Crippen LogP contribution < -0.4 is 16.4 Å². The Morgan fingerprint density at radius 2 is 1.92 bits per heavy atom. The van der Waals surface area contributed by atoms with Gasteiger partial charge >= 0.3 is 0 Å². The number of likely N-dealkylation sites (N-methyl/N-ethyl adjacent to an activating group) is 1. The predicted octanol–water partition coefficient (Wildman–Crippen LogP) is 0.324. The summed E-state index contributed by atoms with van der Waals surface area (Å²) < 4.78 is 0. The summed E-state index contributed by atoms with van der Waals surface area (Å²) >= 11 is 0. The van der Waals surface area contributed by atoms with Crippen LogP contribution in [0.15, 0.2) is 18.2 Å². The first-order chi connectivity index (χ1) is 12.5.